The minimum absolute atomic E-state index is 0.0195. The molecule has 8 nitrogen and oxygen atoms in total. The molecule has 5 rings (SSSR count). The van der Waals surface area contributed by atoms with Crippen molar-refractivity contribution in [2.75, 3.05) is 38.6 Å². The van der Waals surface area contributed by atoms with Gasteiger partial charge in [-0.05, 0) is 37.3 Å². The summed E-state index contributed by atoms with van der Waals surface area (Å²) in [4.78, 5) is 15.1. The molecule has 2 heterocycles. The fourth-order valence-electron chi connectivity index (χ4n) is 4.57. The van der Waals surface area contributed by atoms with Crippen LogP contribution in [0.4, 0.5) is 5.69 Å². The summed E-state index contributed by atoms with van der Waals surface area (Å²) in [7, 11) is -2.26. The lowest BCUT2D eigenvalue weighted by atomic mass is 10.1. The van der Waals surface area contributed by atoms with Crippen LogP contribution in [0.3, 0.4) is 0 Å². The van der Waals surface area contributed by atoms with Crippen molar-refractivity contribution < 1.29 is 22.4 Å². The van der Waals surface area contributed by atoms with Gasteiger partial charge in [-0.1, -0.05) is 41.4 Å². The number of ether oxygens (including phenoxy) is 1. The van der Waals surface area contributed by atoms with Gasteiger partial charge in [0.25, 0.3) is 0 Å². The number of rotatable bonds is 6. The van der Waals surface area contributed by atoms with E-state index >= 15 is 0 Å². The van der Waals surface area contributed by atoms with E-state index in [1.54, 1.807) is 26.2 Å². The first kappa shape index (κ1) is 25.8. The van der Waals surface area contributed by atoms with E-state index in [9.17, 15) is 13.2 Å². The Balaban J connectivity index is 1.29. The summed E-state index contributed by atoms with van der Waals surface area (Å²) in [6.45, 7) is 2.99. The number of methoxy groups -OCH3 is 1. The molecule has 194 valence electrons. The van der Waals surface area contributed by atoms with Gasteiger partial charge in [0, 0.05) is 48.0 Å². The SMILES string of the molecule is COc1cc2c(cc1NC(=O)[C@H](C)N1CCN(S(=O)(=O)c3cc(Cl)ccc3Cl)CC1)oc1ccccc12. The lowest BCUT2D eigenvalue weighted by Gasteiger charge is -2.36. The van der Waals surface area contributed by atoms with Gasteiger partial charge in [0.1, 0.15) is 21.8 Å². The Kier molecular flexibility index (Phi) is 7.08. The maximum absolute atomic E-state index is 13.2. The van der Waals surface area contributed by atoms with Crippen LogP contribution in [0, 0.1) is 0 Å². The van der Waals surface area contributed by atoms with Crippen molar-refractivity contribution >= 4 is 66.8 Å². The minimum atomic E-state index is -3.81. The Hall–Kier alpha value is -2.82. The van der Waals surface area contributed by atoms with E-state index in [0.717, 1.165) is 16.4 Å². The number of sulfonamides is 1. The molecule has 1 atom stereocenters. The average molecular weight is 562 g/mol. The third-order valence-corrected chi connectivity index (χ3v) is 9.28. The summed E-state index contributed by atoms with van der Waals surface area (Å²) in [5, 5.41) is 5.23. The van der Waals surface area contributed by atoms with Crippen LogP contribution in [-0.4, -0.2) is 62.9 Å². The van der Waals surface area contributed by atoms with Gasteiger partial charge in [-0.2, -0.15) is 4.31 Å². The van der Waals surface area contributed by atoms with E-state index in [2.05, 4.69) is 5.32 Å². The summed E-state index contributed by atoms with van der Waals surface area (Å²) in [6.07, 6.45) is 0. The summed E-state index contributed by atoms with van der Waals surface area (Å²) in [5.74, 6) is 0.289. The zero-order chi connectivity index (χ0) is 26.3. The third kappa shape index (κ3) is 4.89. The second kappa shape index (κ2) is 10.2. The molecule has 1 aliphatic rings. The number of hydrogen-bond acceptors (Lipinski definition) is 6. The Morgan fingerprint density at radius 1 is 1.00 bits per heavy atom. The van der Waals surface area contributed by atoms with Crippen LogP contribution in [0.5, 0.6) is 5.75 Å². The number of benzene rings is 3. The van der Waals surface area contributed by atoms with Crippen LogP contribution >= 0.6 is 23.2 Å². The molecule has 0 bridgehead atoms. The number of para-hydroxylation sites is 1. The molecule has 1 aromatic heterocycles. The molecule has 1 fully saturated rings. The number of anilines is 1. The summed E-state index contributed by atoms with van der Waals surface area (Å²) >= 11 is 12.1. The number of carbonyl (C=O) groups excluding carboxylic acids is 1. The van der Waals surface area contributed by atoms with Gasteiger partial charge in [0.15, 0.2) is 0 Å². The van der Waals surface area contributed by atoms with E-state index in [-0.39, 0.29) is 28.9 Å². The molecule has 0 aliphatic carbocycles. The highest BCUT2D eigenvalue weighted by Crippen LogP contribution is 2.36. The number of furan rings is 1. The quantitative estimate of drug-likeness (QED) is 0.346. The van der Waals surface area contributed by atoms with Crippen molar-refractivity contribution in [1.29, 1.82) is 0 Å². The van der Waals surface area contributed by atoms with Crippen LogP contribution in [-0.2, 0) is 14.8 Å². The van der Waals surface area contributed by atoms with E-state index in [1.807, 2.05) is 35.2 Å². The van der Waals surface area contributed by atoms with Crippen molar-refractivity contribution in [2.24, 2.45) is 0 Å². The van der Waals surface area contributed by atoms with Crippen molar-refractivity contribution in [3.8, 4) is 5.75 Å². The molecule has 11 heteroatoms. The van der Waals surface area contributed by atoms with Crippen molar-refractivity contribution in [2.45, 2.75) is 17.9 Å². The molecule has 0 unspecified atom stereocenters. The largest absolute Gasteiger partial charge is 0.495 e. The number of carbonyl (C=O) groups is 1. The van der Waals surface area contributed by atoms with Crippen LogP contribution in [0.1, 0.15) is 6.92 Å². The van der Waals surface area contributed by atoms with Crippen LogP contribution < -0.4 is 10.1 Å². The molecule has 0 saturated carbocycles. The number of nitrogens with one attached hydrogen (secondary N) is 1. The highest BCUT2D eigenvalue weighted by atomic mass is 35.5. The van der Waals surface area contributed by atoms with Gasteiger partial charge in [-0.3, -0.25) is 9.69 Å². The standard InChI is InChI=1S/C26H25Cl2N3O5S/c1-16(30-9-11-31(12-10-30)37(33,34)25-13-17(27)7-8-20(25)28)26(32)29-21-15-23-19(14-24(21)35-2)18-5-3-4-6-22(18)36-23/h3-8,13-16H,9-12H2,1-2H3,(H,29,32)/t16-/m0/s1. The number of hydrogen-bond donors (Lipinski definition) is 1. The molecule has 4 aromatic rings. The van der Waals surface area contributed by atoms with Gasteiger partial charge in [0.05, 0.1) is 23.9 Å². The number of nitrogens with zero attached hydrogens (tertiary/aromatic N) is 2. The van der Waals surface area contributed by atoms with Gasteiger partial charge in [-0.15, -0.1) is 0 Å². The van der Waals surface area contributed by atoms with Gasteiger partial charge in [0.2, 0.25) is 15.9 Å². The number of halogens is 2. The zero-order valence-electron chi connectivity index (χ0n) is 20.2. The fourth-order valence-corrected chi connectivity index (χ4v) is 6.73. The van der Waals surface area contributed by atoms with E-state index in [4.69, 9.17) is 32.4 Å². The highest BCUT2D eigenvalue weighted by molar-refractivity contribution is 7.89. The molecule has 1 amide bonds. The fraction of sp³-hybridized carbons (Fsp3) is 0.269. The van der Waals surface area contributed by atoms with Gasteiger partial charge in [-0.25, -0.2) is 8.42 Å². The normalized spacial score (nSPS) is 16.2. The molecule has 1 N–H and O–H groups in total. The molecular formula is C26H25Cl2N3O5S. The van der Waals surface area contributed by atoms with E-state index in [0.29, 0.717) is 35.1 Å². The lowest BCUT2D eigenvalue weighted by Crippen LogP contribution is -2.53. The molecule has 37 heavy (non-hydrogen) atoms. The van der Waals surface area contributed by atoms with E-state index < -0.39 is 16.1 Å². The highest BCUT2D eigenvalue weighted by Gasteiger charge is 2.33. The third-order valence-electron chi connectivity index (χ3n) is 6.67. The number of fused-ring (bicyclic) bond motifs is 3. The predicted octanol–water partition coefficient (Wildman–Crippen LogP) is 5.23. The summed E-state index contributed by atoms with van der Waals surface area (Å²) in [5.41, 5.74) is 1.90. The zero-order valence-corrected chi connectivity index (χ0v) is 22.5. The first-order valence-corrected chi connectivity index (χ1v) is 13.9. The van der Waals surface area contributed by atoms with E-state index in [1.165, 1.54) is 16.4 Å². The number of piperazine rings is 1. The van der Waals surface area contributed by atoms with Crippen LogP contribution in [0.15, 0.2) is 63.9 Å². The van der Waals surface area contributed by atoms with Crippen molar-refractivity contribution in [1.82, 2.24) is 9.21 Å². The molecule has 3 aromatic carbocycles. The topological polar surface area (TPSA) is 92.1 Å². The monoisotopic (exact) mass is 561 g/mol. The Bertz CT molecular complexity index is 1600. The first-order valence-electron chi connectivity index (χ1n) is 11.7. The first-order chi connectivity index (χ1) is 17.7. The molecular weight excluding hydrogens is 537 g/mol. The van der Waals surface area contributed by atoms with Gasteiger partial charge >= 0.3 is 0 Å². The second-order valence-electron chi connectivity index (χ2n) is 8.83. The van der Waals surface area contributed by atoms with Crippen molar-refractivity contribution in [3.05, 3.63) is 64.6 Å². The Labute approximate surface area is 224 Å². The summed E-state index contributed by atoms with van der Waals surface area (Å²) in [6, 6.07) is 15.2. The minimum Gasteiger partial charge on any atom is -0.495 e. The average Bonchev–Trinajstić information content (AvgIpc) is 3.26. The molecule has 0 spiro atoms. The molecule has 0 radical (unpaired) electrons. The van der Waals surface area contributed by atoms with Gasteiger partial charge < -0.3 is 14.5 Å². The second-order valence-corrected chi connectivity index (χ2v) is 11.6. The smallest absolute Gasteiger partial charge is 0.244 e. The molecule has 1 saturated heterocycles. The summed E-state index contributed by atoms with van der Waals surface area (Å²) < 4.78 is 39.1. The van der Waals surface area contributed by atoms with Crippen LogP contribution in [0.2, 0.25) is 10.0 Å². The predicted molar refractivity (Wildman–Crippen MR) is 145 cm³/mol. The van der Waals surface area contributed by atoms with Crippen LogP contribution in [0.25, 0.3) is 21.9 Å². The maximum Gasteiger partial charge on any atom is 0.244 e. The number of amides is 1. The maximum atomic E-state index is 13.2. The Morgan fingerprint density at radius 2 is 1.73 bits per heavy atom. The Morgan fingerprint density at radius 3 is 2.46 bits per heavy atom. The molecule has 1 aliphatic heterocycles. The van der Waals surface area contributed by atoms with Crippen molar-refractivity contribution in [3.63, 3.8) is 0 Å². The lowest BCUT2D eigenvalue weighted by molar-refractivity contribution is -0.121.